The summed E-state index contributed by atoms with van der Waals surface area (Å²) in [6, 6.07) is 11.2. The van der Waals surface area contributed by atoms with Gasteiger partial charge in [-0.05, 0) is 24.8 Å². The van der Waals surface area contributed by atoms with Gasteiger partial charge in [0.05, 0.1) is 6.61 Å². The highest BCUT2D eigenvalue weighted by atomic mass is 16.3. The Balaban J connectivity index is 2.04. The normalized spacial score (nSPS) is 27.5. The van der Waals surface area contributed by atoms with Crippen molar-refractivity contribution in [2.24, 2.45) is 0 Å². The van der Waals surface area contributed by atoms with Crippen LogP contribution in [0.5, 0.6) is 0 Å². The number of benzene rings is 1. The molecule has 2 heteroatoms. The Kier molecular flexibility index (Phi) is 3.17. The third-order valence-corrected chi connectivity index (χ3v) is 2.90. The van der Waals surface area contributed by atoms with E-state index in [1.165, 1.54) is 18.4 Å². The molecule has 1 aliphatic heterocycles. The molecule has 2 N–H and O–H groups in total. The van der Waals surface area contributed by atoms with Crippen LogP contribution >= 0.6 is 0 Å². The minimum atomic E-state index is 0.253. The second-order valence-electron chi connectivity index (χ2n) is 3.94. The Morgan fingerprint density at radius 3 is 2.71 bits per heavy atom. The highest BCUT2D eigenvalue weighted by Crippen LogP contribution is 2.24. The Morgan fingerprint density at radius 2 is 2.00 bits per heavy atom. The molecule has 0 aliphatic carbocycles. The molecule has 0 bridgehead atoms. The number of piperidine rings is 1. The first-order valence-electron chi connectivity index (χ1n) is 5.32. The van der Waals surface area contributed by atoms with Crippen LogP contribution in [0.4, 0.5) is 0 Å². The van der Waals surface area contributed by atoms with E-state index in [0.29, 0.717) is 6.04 Å². The zero-order chi connectivity index (χ0) is 9.80. The second-order valence-corrected chi connectivity index (χ2v) is 3.94. The predicted molar refractivity (Wildman–Crippen MR) is 57.0 cm³/mol. The predicted octanol–water partition coefficient (Wildman–Crippen LogP) is 1.86. The minimum absolute atomic E-state index is 0.253. The van der Waals surface area contributed by atoms with E-state index in [1.807, 2.05) is 6.07 Å². The number of nitrogens with one attached hydrogen (secondary N) is 1. The summed E-state index contributed by atoms with van der Waals surface area (Å²) >= 11 is 0. The molecule has 2 rings (SSSR count). The largest absolute Gasteiger partial charge is 0.395 e. The molecule has 1 heterocycles. The van der Waals surface area contributed by atoms with Crippen molar-refractivity contribution in [2.75, 3.05) is 6.61 Å². The number of aliphatic hydroxyl groups excluding tert-OH is 1. The van der Waals surface area contributed by atoms with Crippen LogP contribution in [0.3, 0.4) is 0 Å². The quantitative estimate of drug-likeness (QED) is 0.748. The van der Waals surface area contributed by atoms with Crippen LogP contribution in [0.1, 0.15) is 30.9 Å². The highest BCUT2D eigenvalue weighted by molar-refractivity contribution is 5.19. The van der Waals surface area contributed by atoms with Crippen LogP contribution in [0.25, 0.3) is 0 Å². The third kappa shape index (κ3) is 2.14. The minimum Gasteiger partial charge on any atom is -0.395 e. The number of hydrogen-bond donors (Lipinski definition) is 2. The van der Waals surface area contributed by atoms with E-state index < -0.39 is 0 Å². The molecule has 1 aromatic rings. The van der Waals surface area contributed by atoms with Crippen molar-refractivity contribution in [1.82, 2.24) is 5.32 Å². The molecular formula is C12H17NO. The lowest BCUT2D eigenvalue weighted by Gasteiger charge is -2.30. The van der Waals surface area contributed by atoms with Crippen molar-refractivity contribution in [1.29, 1.82) is 0 Å². The topological polar surface area (TPSA) is 32.3 Å². The van der Waals surface area contributed by atoms with Crippen molar-refractivity contribution < 1.29 is 5.11 Å². The summed E-state index contributed by atoms with van der Waals surface area (Å²) in [4.78, 5) is 0. The maximum atomic E-state index is 9.09. The van der Waals surface area contributed by atoms with Gasteiger partial charge in [0.1, 0.15) is 0 Å². The lowest BCUT2D eigenvalue weighted by molar-refractivity contribution is 0.198. The zero-order valence-electron chi connectivity index (χ0n) is 8.32. The molecule has 0 aromatic heterocycles. The Hall–Kier alpha value is -0.860. The fraction of sp³-hybridized carbons (Fsp3) is 0.500. The van der Waals surface area contributed by atoms with Crippen molar-refractivity contribution >= 4 is 0 Å². The van der Waals surface area contributed by atoms with Gasteiger partial charge in [0.15, 0.2) is 0 Å². The van der Waals surface area contributed by atoms with Crippen LogP contribution in [0, 0.1) is 0 Å². The molecule has 14 heavy (non-hydrogen) atoms. The van der Waals surface area contributed by atoms with Gasteiger partial charge in [0, 0.05) is 12.1 Å². The number of rotatable bonds is 2. The van der Waals surface area contributed by atoms with Gasteiger partial charge in [0.25, 0.3) is 0 Å². The van der Waals surface area contributed by atoms with Crippen LogP contribution in [-0.2, 0) is 0 Å². The number of aliphatic hydroxyl groups is 1. The monoisotopic (exact) mass is 191 g/mol. The molecule has 76 valence electrons. The standard InChI is InChI=1S/C12H17NO/c14-9-11-7-4-8-12(13-11)10-5-2-1-3-6-10/h1-3,5-6,11-14H,4,7-9H2/t11-,12+/m1/s1. The van der Waals surface area contributed by atoms with Gasteiger partial charge in [-0.1, -0.05) is 30.3 Å². The smallest absolute Gasteiger partial charge is 0.0584 e. The Morgan fingerprint density at radius 1 is 1.21 bits per heavy atom. The van der Waals surface area contributed by atoms with Crippen LogP contribution in [0.2, 0.25) is 0 Å². The molecule has 1 aliphatic rings. The summed E-state index contributed by atoms with van der Waals surface area (Å²) in [6.07, 6.45) is 3.48. The van der Waals surface area contributed by atoms with Gasteiger partial charge in [-0.2, -0.15) is 0 Å². The van der Waals surface area contributed by atoms with Crippen molar-refractivity contribution in [2.45, 2.75) is 31.3 Å². The van der Waals surface area contributed by atoms with Gasteiger partial charge < -0.3 is 10.4 Å². The fourth-order valence-corrected chi connectivity index (χ4v) is 2.11. The van der Waals surface area contributed by atoms with Gasteiger partial charge >= 0.3 is 0 Å². The van der Waals surface area contributed by atoms with E-state index in [2.05, 4.69) is 29.6 Å². The van der Waals surface area contributed by atoms with Gasteiger partial charge in [-0.3, -0.25) is 0 Å². The highest BCUT2D eigenvalue weighted by Gasteiger charge is 2.20. The molecule has 1 aromatic carbocycles. The fourth-order valence-electron chi connectivity index (χ4n) is 2.11. The van der Waals surface area contributed by atoms with E-state index >= 15 is 0 Å². The van der Waals surface area contributed by atoms with Crippen LogP contribution in [-0.4, -0.2) is 17.8 Å². The SMILES string of the molecule is OC[C@H]1CCC[C@@H](c2ccccc2)N1. The van der Waals surface area contributed by atoms with Crippen LogP contribution in [0.15, 0.2) is 30.3 Å². The summed E-state index contributed by atoms with van der Waals surface area (Å²) in [7, 11) is 0. The van der Waals surface area contributed by atoms with Gasteiger partial charge in [-0.25, -0.2) is 0 Å². The lowest BCUT2D eigenvalue weighted by atomic mass is 9.94. The molecule has 0 radical (unpaired) electrons. The van der Waals surface area contributed by atoms with Gasteiger partial charge in [0.2, 0.25) is 0 Å². The molecular weight excluding hydrogens is 174 g/mol. The average molecular weight is 191 g/mol. The zero-order valence-corrected chi connectivity index (χ0v) is 8.32. The second kappa shape index (κ2) is 4.58. The molecule has 1 fully saturated rings. The van der Waals surface area contributed by atoms with E-state index in [9.17, 15) is 0 Å². The van der Waals surface area contributed by atoms with E-state index in [4.69, 9.17) is 5.11 Å². The van der Waals surface area contributed by atoms with E-state index in [0.717, 1.165) is 6.42 Å². The number of hydrogen-bond acceptors (Lipinski definition) is 2. The molecule has 2 atom stereocenters. The molecule has 1 saturated heterocycles. The summed E-state index contributed by atoms with van der Waals surface area (Å²) in [5.74, 6) is 0. The molecule has 0 spiro atoms. The summed E-state index contributed by atoms with van der Waals surface area (Å²) < 4.78 is 0. The van der Waals surface area contributed by atoms with E-state index in [1.54, 1.807) is 0 Å². The third-order valence-electron chi connectivity index (χ3n) is 2.90. The van der Waals surface area contributed by atoms with Crippen molar-refractivity contribution in [3.8, 4) is 0 Å². The first-order chi connectivity index (χ1) is 6.90. The summed E-state index contributed by atoms with van der Waals surface area (Å²) in [5.41, 5.74) is 1.34. The lowest BCUT2D eigenvalue weighted by Crippen LogP contribution is -2.39. The summed E-state index contributed by atoms with van der Waals surface area (Å²) in [6.45, 7) is 0.253. The maximum absolute atomic E-state index is 9.09. The van der Waals surface area contributed by atoms with Crippen LogP contribution < -0.4 is 5.32 Å². The Labute approximate surface area is 85.0 Å². The molecule has 2 nitrogen and oxygen atoms in total. The molecule has 0 unspecified atom stereocenters. The van der Waals surface area contributed by atoms with E-state index in [-0.39, 0.29) is 12.6 Å². The van der Waals surface area contributed by atoms with Crippen molar-refractivity contribution in [3.05, 3.63) is 35.9 Å². The molecule has 0 saturated carbocycles. The first kappa shape index (κ1) is 9.69. The Bertz CT molecular complexity index is 273. The van der Waals surface area contributed by atoms with Gasteiger partial charge in [-0.15, -0.1) is 0 Å². The average Bonchev–Trinajstić information content (AvgIpc) is 2.30. The summed E-state index contributed by atoms with van der Waals surface area (Å²) in [5, 5.41) is 12.6. The molecule has 0 amide bonds. The van der Waals surface area contributed by atoms with Crippen molar-refractivity contribution in [3.63, 3.8) is 0 Å². The first-order valence-corrected chi connectivity index (χ1v) is 5.32. The maximum Gasteiger partial charge on any atom is 0.0584 e.